The first-order valence-electron chi connectivity index (χ1n) is 4.74. The van der Waals surface area contributed by atoms with E-state index < -0.39 is 11.9 Å². The average molecular weight is 186 g/mol. The first-order chi connectivity index (χ1) is 5.99. The molecule has 0 amide bonds. The van der Waals surface area contributed by atoms with Gasteiger partial charge in [-0.15, -0.1) is 0 Å². The van der Waals surface area contributed by atoms with Gasteiger partial charge in [0.05, 0.1) is 11.8 Å². The normalized spacial score (nSPS) is 12.7. The zero-order chi connectivity index (χ0) is 10.4. The number of hydrogen-bond acceptors (Lipinski definition) is 3. The van der Waals surface area contributed by atoms with Crippen molar-refractivity contribution in [1.82, 2.24) is 0 Å². The van der Waals surface area contributed by atoms with E-state index in [2.05, 4.69) is 4.74 Å². The lowest BCUT2D eigenvalue weighted by molar-refractivity contribution is -0.164. The van der Waals surface area contributed by atoms with Crippen molar-refractivity contribution >= 4 is 11.9 Å². The van der Waals surface area contributed by atoms with E-state index in [0.717, 1.165) is 12.8 Å². The molecular weight excluding hydrogens is 168 g/mol. The highest BCUT2D eigenvalue weighted by Gasteiger charge is 2.18. The second-order valence-corrected chi connectivity index (χ2v) is 3.58. The Kier molecular flexibility index (Phi) is 5.35. The Morgan fingerprint density at radius 1 is 1.15 bits per heavy atom. The van der Waals surface area contributed by atoms with Gasteiger partial charge in [0.1, 0.15) is 0 Å². The van der Waals surface area contributed by atoms with E-state index in [-0.39, 0.29) is 11.8 Å². The van der Waals surface area contributed by atoms with Crippen LogP contribution in [0, 0.1) is 11.8 Å². The van der Waals surface area contributed by atoms with E-state index in [1.54, 1.807) is 20.8 Å². The lowest BCUT2D eigenvalue weighted by Gasteiger charge is -2.09. The van der Waals surface area contributed by atoms with Crippen molar-refractivity contribution in [3.8, 4) is 0 Å². The van der Waals surface area contributed by atoms with Crippen LogP contribution in [-0.4, -0.2) is 11.9 Å². The summed E-state index contributed by atoms with van der Waals surface area (Å²) in [4.78, 5) is 22.2. The molecule has 0 saturated heterocycles. The zero-order valence-electron chi connectivity index (χ0n) is 8.79. The average Bonchev–Trinajstić information content (AvgIpc) is 2.04. The Morgan fingerprint density at radius 2 is 1.69 bits per heavy atom. The van der Waals surface area contributed by atoms with Crippen molar-refractivity contribution in [1.29, 1.82) is 0 Å². The van der Waals surface area contributed by atoms with Crippen LogP contribution >= 0.6 is 0 Å². The Hall–Kier alpha value is -0.860. The van der Waals surface area contributed by atoms with E-state index in [9.17, 15) is 9.59 Å². The molecule has 0 saturated carbocycles. The fourth-order valence-corrected chi connectivity index (χ4v) is 0.868. The van der Waals surface area contributed by atoms with Gasteiger partial charge in [0, 0.05) is 0 Å². The SMILES string of the molecule is CCCC(C)C(=O)OC(=O)C(C)C. The summed E-state index contributed by atoms with van der Waals surface area (Å²) in [6, 6.07) is 0. The van der Waals surface area contributed by atoms with Crippen molar-refractivity contribution < 1.29 is 14.3 Å². The lowest BCUT2D eigenvalue weighted by Crippen LogP contribution is -2.22. The highest BCUT2D eigenvalue weighted by Crippen LogP contribution is 2.08. The Labute approximate surface area is 79.5 Å². The van der Waals surface area contributed by atoms with E-state index in [1.165, 1.54) is 0 Å². The molecule has 13 heavy (non-hydrogen) atoms. The summed E-state index contributed by atoms with van der Waals surface area (Å²) in [6.07, 6.45) is 1.69. The Bertz CT molecular complexity index is 185. The van der Waals surface area contributed by atoms with Gasteiger partial charge >= 0.3 is 11.9 Å². The number of ether oxygens (including phenoxy) is 1. The van der Waals surface area contributed by atoms with E-state index in [4.69, 9.17) is 0 Å². The molecule has 0 aliphatic carbocycles. The lowest BCUT2D eigenvalue weighted by atomic mass is 10.1. The molecule has 0 N–H and O–H groups in total. The summed E-state index contributed by atoms with van der Waals surface area (Å²) < 4.78 is 4.65. The molecule has 0 aromatic rings. The standard InChI is InChI=1S/C10H18O3/c1-5-6-8(4)10(12)13-9(11)7(2)3/h7-8H,5-6H2,1-4H3. The second kappa shape index (κ2) is 5.73. The van der Waals surface area contributed by atoms with Crippen LogP contribution < -0.4 is 0 Å². The summed E-state index contributed by atoms with van der Waals surface area (Å²) in [5, 5.41) is 0. The van der Waals surface area contributed by atoms with Gasteiger partial charge in [-0.2, -0.15) is 0 Å². The predicted molar refractivity (Wildman–Crippen MR) is 50.0 cm³/mol. The zero-order valence-corrected chi connectivity index (χ0v) is 8.79. The molecule has 76 valence electrons. The number of carbonyl (C=O) groups is 2. The molecule has 0 rings (SSSR count). The summed E-state index contributed by atoms with van der Waals surface area (Å²) in [5.74, 6) is -1.25. The smallest absolute Gasteiger partial charge is 0.316 e. The topological polar surface area (TPSA) is 43.4 Å². The third-order valence-electron chi connectivity index (χ3n) is 1.80. The molecule has 0 aliphatic rings. The maximum Gasteiger partial charge on any atom is 0.316 e. The molecule has 1 atom stereocenters. The minimum absolute atomic E-state index is 0.173. The van der Waals surface area contributed by atoms with Gasteiger partial charge in [-0.1, -0.05) is 34.1 Å². The third kappa shape index (κ3) is 4.65. The van der Waals surface area contributed by atoms with Crippen LogP contribution in [0.15, 0.2) is 0 Å². The fraction of sp³-hybridized carbons (Fsp3) is 0.800. The van der Waals surface area contributed by atoms with Crippen LogP contribution in [0.2, 0.25) is 0 Å². The molecule has 0 spiro atoms. The molecule has 3 heteroatoms. The second-order valence-electron chi connectivity index (χ2n) is 3.58. The molecule has 0 aromatic carbocycles. The van der Waals surface area contributed by atoms with E-state index in [0.29, 0.717) is 0 Å². The van der Waals surface area contributed by atoms with Crippen LogP contribution in [0.4, 0.5) is 0 Å². The molecule has 1 unspecified atom stereocenters. The molecule has 0 heterocycles. The number of carbonyl (C=O) groups excluding carboxylic acids is 2. The molecule has 0 bridgehead atoms. The van der Waals surface area contributed by atoms with Gasteiger partial charge < -0.3 is 4.74 Å². The van der Waals surface area contributed by atoms with Crippen LogP contribution in [0.1, 0.15) is 40.5 Å². The van der Waals surface area contributed by atoms with Crippen LogP contribution in [0.25, 0.3) is 0 Å². The first-order valence-corrected chi connectivity index (χ1v) is 4.74. The summed E-state index contributed by atoms with van der Waals surface area (Å²) in [7, 11) is 0. The molecule has 0 aromatic heterocycles. The van der Waals surface area contributed by atoms with Gasteiger partial charge in [-0.25, -0.2) is 0 Å². The van der Waals surface area contributed by atoms with Gasteiger partial charge in [0.25, 0.3) is 0 Å². The van der Waals surface area contributed by atoms with E-state index in [1.807, 2.05) is 6.92 Å². The summed E-state index contributed by atoms with van der Waals surface area (Å²) in [5.41, 5.74) is 0. The Morgan fingerprint density at radius 3 is 2.08 bits per heavy atom. The van der Waals surface area contributed by atoms with Crippen LogP contribution in [0.5, 0.6) is 0 Å². The van der Waals surface area contributed by atoms with Gasteiger partial charge in [-0.3, -0.25) is 9.59 Å². The van der Waals surface area contributed by atoms with Crippen molar-refractivity contribution in [3.63, 3.8) is 0 Å². The highest BCUT2D eigenvalue weighted by atomic mass is 16.6. The highest BCUT2D eigenvalue weighted by molar-refractivity contribution is 5.87. The maximum absolute atomic E-state index is 11.2. The molecule has 0 fully saturated rings. The minimum atomic E-state index is -0.437. The van der Waals surface area contributed by atoms with Gasteiger partial charge in [0.15, 0.2) is 0 Å². The summed E-state index contributed by atoms with van der Waals surface area (Å²) >= 11 is 0. The molecule has 0 radical (unpaired) electrons. The number of rotatable bonds is 4. The summed E-state index contributed by atoms with van der Waals surface area (Å²) in [6.45, 7) is 7.19. The first kappa shape index (κ1) is 12.1. The van der Waals surface area contributed by atoms with Crippen molar-refractivity contribution in [2.75, 3.05) is 0 Å². The van der Waals surface area contributed by atoms with Crippen molar-refractivity contribution in [2.45, 2.75) is 40.5 Å². The van der Waals surface area contributed by atoms with E-state index >= 15 is 0 Å². The molecule has 0 aliphatic heterocycles. The maximum atomic E-state index is 11.2. The predicted octanol–water partition coefficient (Wildman–Crippen LogP) is 2.15. The monoisotopic (exact) mass is 186 g/mol. The number of esters is 2. The van der Waals surface area contributed by atoms with Gasteiger partial charge in [0.2, 0.25) is 0 Å². The Balaban J connectivity index is 3.93. The number of hydrogen-bond donors (Lipinski definition) is 0. The van der Waals surface area contributed by atoms with Crippen LogP contribution in [-0.2, 0) is 14.3 Å². The molecular formula is C10H18O3. The minimum Gasteiger partial charge on any atom is -0.393 e. The third-order valence-corrected chi connectivity index (χ3v) is 1.80. The molecule has 3 nitrogen and oxygen atoms in total. The quantitative estimate of drug-likeness (QED) is 0.499. The van der Waals surface area contributed by atoms with Gasteiger partial charge in [-0.05, 0) is 6.42 Å². The van der Waals surface area contributed by atoms with Crippen LogP contribution in [0.3, 0.4) is 0 Å². The van der Waals surface area contributed by atoms with Crippen molar-refractivity contribution in [3.05, 3.63) is 0 Å². The fourth-order valence-electron chi connectivity index (χ4n) is 0.868. The largest absolute Gasteiger partial charge is 0.393 e. The van der Waals surface area contributed by atoms with Crippen molar-refractivity contribution in [2.24, 2.45) is 11.8 Å².